The zero-order chi connectivity index (χ0) is 19.5. The van der Waals surface area contributed by atoms with Gasteiger partial charge in [-0.05, 0) is 67.6 Å². The van der Waals surface area contributed by atoms with Crippen LogP contribution in [0.15, 0.2) is 48.5 Å². The molecule has 2 aromatic rings. The molecular formula is C22H23ClN2O3. The van der Waals surface area contributed by atoms with E-state index in [0.29, 0.717) is 28.9 Å². The van der Waals surface area contributed by atoms with Crippen LogP contribution in [0.3, 0.4) is 0 Å². The number of nitrogens with zero attached hydrogens (tertiary/aromatic N) is 1. The lowest BCUT2D eigenvalue weighted by Crippen LogP contribution is -2.36. The van der Waals surface area contributed by atoms with Gasteiger partial charge in [-0.3, -0.25) is 9.59 Å². The standard InChI is InChI=1S/C22H23ClN2O3/c23-17-5-11-20(12-6-17)28-14-21(26)25(19-9-10-19)13-15-1-3-16(4-2-15)22(27)24-18-7-8-18/h1-6,11-12,18-19H,7-10,13-14H2,(H,24,27). The number of benzene rings is 2. The van der Waals surface area contributed by atoms with E-state index in [-0.39, 0.29) is 24.5 Å². The van der Waals surface area contributed by atoms with E-state index in [1.807, 2.05) is 29.2 Å². The lowest BCUT2D eigenvalue weighted by Gasteiger charge is -2.23. The summed E-state index contributed by atoms with van der Waals surface area (Å²) in [6.45, 7) is 0.526. The summed E-state index contributed by atoms with van der Waals surface area (Å²) in [5.41, 5.74) is 1.67. The topological polar surface area (TPSA) is 58.6 Å². The van der Waals surface area contributed by atoms with Crippen LogP contribution in [-0.2, 0) is 11.3 Å². The molecule has 4 rings (SSSR count). The number of halogens is 1. The van der Waals surface area contributed by atoms with E-state index in [4.69, 9.17) is 16.3 Å². The molecule has 28 heavy (non-hydrogen) atoms. The lowest BCUT2D eigenvalue weighted by molar-refractivity contribution is -0.134. The van der Waals surface area contributed by atoms with Crippen LogP contribution in [0, 0.1) is 0 Å². The average Bonchev–Trinajstić information content (AvgIpc) is 3.60. The minimum atomic E-state index is -0.0343. The Hall–Kier alpha value is -2.53. The van der Waals surface area contributed by atoms with Gasteiger partial charge in [-0.1, -0.05) is 23.7 Å². The smallest absolute Gasteiger partial charge is 0.261 e. The first kappa shape index (κ1) is 18.8. The molecule has 0 radical (unpaired) electrons. The number of hydrogen-bond acceptors (Lipinski definition) is 3. The fraction of sp³-hybridized carbons (Fsp3) is 0.364. The molecule has 0 aliphatic heterocycles. The number of rotatable bonds is 8. The molecule has 0 unspecified atom stereocenters. The molecule has 2 saturated carbocycles. The SMILES string of the molecule is O=C(NC1CC1)c1ccc(CN(C(=O)COc2ccc(Cl)cc2)C2CC2)cc1. The van der Waals surface area contributed by atoms with Crippen molar-refractivity contribution in [3.05, 3.63) is 64.7 Å². The van der Waals surface area contributed by atoms with Crippen molar-refractivity contribution in [2.45, 2.75) is 44.3 Å². The van der Waals surface area contributed by atoms with Gasteiger partial charge in [0.05, 0.1) is 0 Å². The highest BCUT2D eigenvalue weighted by atomic mass is 35.5. The number of nitrogens with one attached hydrogen (secondary N) is 1. The molecule has 2 aromatic carbocycles. The predicted molar refractivity (Wildman–Crippen MR) is 107 cm³/mol. The van der Waals surface area contributed by atoms with Gasteiger partial charge in [0.1, 0.15) is 5.75 Å². The van der Waals surface area contributed by atoms with Crippen molar-refractivity contribution in [2.75, 3.05) is 6.61 Å². The van der Waals surface area contributed by atoms with Crippen molar-refractivity contribution in [3.63, 3.8) is 0 Å². The van der Waals surface area contributed by atoms with E-state index in [2.05, 4.69) is 5.32 Å². The molecule has 1 N–H and O–H groups in total. The van der Waals surface area contributed by atoms with Crippen LogP contribution in [0.2, 0.25) is 5.02 Å². The Morgan fingerprint density at radius 2 is 1.68 bits per heavy atom. The van der Waals surface area contributed by atoms with Crippen LogP contribution >= 0.6 is 11.6 Å². The molecule has 6 heteroatoms. The van der Waals surface area contributed by atoms with Crippen LogP contribution in [0.25, 0.3) is 0 Å². The molecule has 2 fully saturated rings. The van der Waals surface area contributed by atoms with Crippen molar-refractivity contribution in [2.24, 2.45) is 0 Å². The van der Waals surface area contributed by atoms with Crippen LogP contribution in [0.4, 0.5) is 0 Å². The van der Waals surface area contributed by atoms with E-state index in [1.165, 1.54) is 0 Å². The molecule has 0 atom stereocenters. The van der Waals surface area contributed by atoms with Crippen LogP contribution in [0.5, 0.6) is 5.75 Å². The maximum Gasteiger partial charge on any atom is 0.261 e. The number of carbonyl (C=O) groups excluding carboxylic acids is 2. The number of ether oxygens (including phenoxy) is 1. The molecule has 2 amide bonds. The largest absolute Gasteiger partial charge is 0.484 e. The van der Waals surface area contributed by atoms with Gasteiger partial charge in [0.25, 0.3) is 11.8 Å². The van der Waals surface area contributed by atoms with Gasteiger partial charge in [0.2, 0.25) is 0 Å². The summed E-state index contributed by atoms with van der Waals surface area (Å²) in [4.78, 5) is 26.6. The first-order valence-electron chi connectivity index (χ1n) is 9.66. The monoisotopic (exact) mass is 398 g/mol. The fourth-order valence-electron chi connectivity index (χ4n) is 3.02. The van der Waals surface area contributed by atoms with Crippen molar-refractivity contribution in [3.8, 4) is 5.75 Å². The molecule has 0 saturated heterocycles. The van der Waals surface area contributed by atoms with E-state index in [9.17, 15) is 9.59 Å². The maximum atomic E-state index is 12.7. The minimum absolute atomic E-state index is 0.0000102. The molecule has 2 aliphatic rings. The van der Waals surface area contributed by atoms with Crippen molar-refractivity contribution in [1.29, 1.82) is 0 Å². The normalized spacial score (nSPS) is 15.8. The van der Waals surface area contributed by atoms with E-state index in [1.54, 1.807) is 24.3 Å². The fourth-order valence-corrected chi connectivity index (χ4v) is 3.15. The highest BCUT2D eigenvalue weighted by Gasteiger charge is 2.32. The average molecular weight is 399 g/mol. The van der Waals surface area contributed by atoms with E-state index in [0.717, 1.165) is 31.2 Å². The second kappa shape index (κ2) is 8.23. The second-order valence-corrected chi connectivity index (χ2v) is 7.88. The van der Waals surface area contributed by atoms with Gasteiger partial charge >= 0.3 is 0 Å². The third-order valence-electron chi connectivity index (χ3n) is 4.97. The van der Waals surface area contributed by atoms with E-state index >= 15 is 0 Å². The third-order valence-corrected chi connectivity index (χ3v) is 5.22. The summed E-state index contributed by atoms with van der Waals surface area (Å²) >= 11 is 5.87. The van der Waals surface area contributed by atoms with Gasteiger partial charge in [0.15, 0.2) is 6.61 Å². The number of hydrogen-bond donors (Lipinski definition) is 1. The first-order chi connectivity index (χ1) is 13.6. The van der Waals surface area contributed by atoms with Crippen molar-refractivity contribution < 1.29 is 14.3 Å². The van der Waals surface area contributed by atoms with Gasteiger partial charge in [-0.25, -0.2) is 0 Å². The van der Waals surface area contributed by atoms with E-state index < -0.39 is 0 Å². The molecule has 146 valence electrons. The van der Waals surface area contributed by atoms with Crippen LogP contribution in [0.1, 0.15) is 41.6 Å². The Labute approximate surface area is 169 Å². The second-order valence-electron chi connectivity index (χ2n) is 7.44. The van der Waals surface area contributed by atoms with Gasteiger partial charge in [0, 0.05) is 29.2 Å². The summed E-state index contributed by atoms with van der Waals surface area (Å²) in [5.74, 6) is 0.563. The van der Waals surface area contributed by atoms with Gasteiger partial charge < -0.3 is 15.0 Å². The van der Waals surface area contributed by atoms with Crippen molar-refractivity contribution in [1.82, 2.24) is 10.2 Å². The Kier molecular flexibility index (Phi) is 5.53. The minimum Gasteiger partial charge on any atom is -0.484 e. The molecule has 0 aromatic heterocycles. The third kappa shape index (κ3) is 5.04. The summed E-state index contributed by atoms with van der Waals surface area (Å²) in [5, 5.41) is 3.62. The summed E-state index contributed by atoms with van der Waals surface area (Å²) in [7, 11) is 0. The molecule has 0 spiro atoms. The number of amides is 2. The molecule has 0 heterocycles. The molecule has 5 nitrogen and oxygen atoms in total. The lowest BCUT2D eigenvalue weighted by atomic mass is 10.1. The quantitative estimate of drug-likeness (QED) is 0.735. The zero-order valence-corrected chi connectivity index (χ0v) is 16.3. The van der Waals surface area contributed by atoms with Gasteiger partial charge in [-0.2, -0.15) is 0 Å². The summed E-state index contributed by atoms with van der Waals surface area (Å²) in [6.07, 6.45) is 4.18. The zero-order valence-electron chi connectivity index (χ0n) is 15.6. The first-order valence-corrected chi connectivity index (χ1v) is 10.0. The Morgan fingerprint density at radius 1 is 1.00 bits per heavy atom. The predicted octanol–water partition coefficient (Wildman–Crippen LogP) is 3.80. The molecular weight excluding hydrogens is 376 g/mol. The maximum absolute atomic E-state index is 12.7. The Balaban J connectivity index is 1.34. The highest BCUT2D eigenvalue weighted by Crippen LogP contribution is 2.29. The summed E-state index contributed by atoms with van der Waals surface area (Å²) < 4.78 is 5.61. The Morgan fingerprint density at radius 3 is 2.29 bits per heavy atom. The Bertz CT molecular complexity index is 843. The highest BCUT2D eigenvalue weighted by molar-refractivity contribution is 6.30. The van der Waals surface area contributed by atoms with Gasteiger partial charge in [-0.15, -0.1) is 0 Å². The molecule has 0 bridgehead atoms. The van der Waals surface area contributed by atoms with Crippen molar-refractivity contribution >= 4 is 23.4 Å². The number of carbonyl (C=O) groups is 2. The summed E-state index contributed by atoms with van der Waals surface area (Å²) in [6, 6.07) is 15.1. The molecule has 2 aliphatic carbocycles. The van der Waals surface area contributed by atoms with Crippen LogP contribution < -0.4 is 10.1 Å². The van der Waals surface area contributed by atoms with Crippen LogP contribution in [-0.4, -0.2) is 35.4 Å².